The lowest BCUT2D eigenvalue weighted by Gasteiger charge is -2.28. The number of carbonyl (C=O) groups is 3. The van der Waals surface area contributed by atoms with E-state index in [2.05, 4.69) is 12.2 Å². The van der Waals surface area contributed by atoms with Gasteiger partial charge in [-0.2, -0.15) is 0 Å². The molecule has 2 aromatic rings. The highest BCUT2D eigenvalue weighted by Crippen LogP contribution is 2.39. The number of hydrogen-bond donors (Lipinski definition) is 1. The molecular weight excluding hydrogens is 408 g/mol. The van der Waals surface area contributed by atoms with Gasteiger partial charge in [0.2, 0.25) is 11.8 Å². The van der Waals surface area contributed by atoms with Crippen LogP contribution in [0, 0.1) is 12.8 Å². The van der Waals surface area contributed by atoms with Crippen LogP contribution in [0.2, 0.25) is 0 Å². The number of nitrogens with zero attached hydrogens (tertiary/aromatic N) is 1. The van der Waals surface area contributed by atoms with E-state index in [1.807, 2.05) is 36.1 Å². The number of aryl methyl sites for hydroxylation is 1. The molecule has 2 amide bonds. The first-order valence-corrected chi connectivity index (χ1v) is 10.8. The molecule has 0 radical (unpaired) electrons. The number of amides is 2. The number of ether oxygens (including phenoxy) is 2. The number of carbonyl (C=O) groups excluding carboxylic acids is 3. The quantitative estimate of drug-likeness (QED) is 0.627. The van der Waals surface area contributed by atoms with Crippen LogP contribution in [-0.4, -0.2) is 43.4 Å². The summed E-state index contributed by atoms with van der Waals surface area (Å²) in [6, 6.07) is 12.2. The third-order valence-electron chi connectivity index (χ3n) is 5.89. The Morgan fingerprint density at radius 1 is 1.12 bits per heavy atom. The Bertz CT molecular complexity index is 986. The second-order valence-electron chi connectivity index (χ2n) is 7.98. The third-order valence-corrected chi connectivity index (χ3v) is 5.89. The molecule has 2 atom stereocenters. The fourth-order valence-corrected chi connectivity index (χ4v) is 4.06. The van der Waals surface area contributed by atoms with Gasteiger partial charge in [-0.25, -0.2) is 4.79 Å². The Labute approximate surface area is 188 Å². The fourth-order valence-electron chi connectivity index (χ4n) is 4.06. The minimum Gasteiger partial charge on any atom is -0.497 e. The summed E-state index contributed by atoms with van der Waals surface area (Å²) in [7, 11) is 2.91. The van der Waals surface area contributed by atoms with Crippen molar-refractivity contribution < 1.29 is 23.9 Å². The molecule has 0 unspecified atom stereocenters. The van der Waals surface area contributed by atoms with E-state index in [-0.39, 0.29) is 24.3 Å². The van der Waals surface area contributed by atoms with E-state index in [1.54, 1.807) is 25.3 Å². The van der Waals surface area contributed by atoms with Gasteiger partial charge >= 0.3 is 5.97 Å². The van der Waals surface area contributed by atoms with Crippen molar-refractivity contribution >= 4 is 23.5 Å². The van der Waals surface area contributed by atoms with Crippen LogP contribution in [0.5, 0.6) is 5.75 Å². The SMILES string of the molecule is CCCCN1C(=O)C[C@H](C(=O)Nc2cc(C(=O)OC)ccc2C)[C@H]1c1ccc(OC)cc1. The summed E-state index contributed by atoms with van der Waals surface area (Å²) in [5.74, 6) is -0.579. The summed E-state index contributed by atoms with van der Waals surface area (Å²) < 4.78 is 10.0. The smallest absolute Gasteiger partial charge is 0.337 e. The van der Waals surface area contributed by atoms with Gasteiger partial charge in [-0.05, 0) is 48.7 Å². The van der Waals surface area contributed by atoms with Crippen molar-refractivity contribution in [2.45, 2.75) is 39.2 Å². The van der Waals surface area contributed by atoms with Crippen molar-refractivity contribution in [3.05, 3.63) is 59.2 Å². The van der Waals surface area contributed by atoms with E-state index in [9.17, 15) is 14.4 Å². The Balaban J connectivity index is 1.90. The molecule has 0 aromatic heterocycles. The Kier molecular flexibility index (Phi) is 7.51. The molecule has 1 aliphatic heterocycles. The maximum atomic E-state index is 13.4. The summed E-state index contributed by atoms with van der Waals surface area (Å²) in [4.78, 5) is 39.9. The van der Waals surface area contributed by atoms with E-state index in [4.69, 9.17) is 9.47 Å². The molecule has 0 saturated carbocycles. The molecule has 7 nitrogen and oxygen atoms in total. The van der Waals surface area contributed by atoms with E-state index in [1.165, 1.54) is 7.11 Å². The van der Waals surface area contributed by atoms with Gasteiger partial charge in [0, 0.05) is 18.7 Å². The Morgan fingerprint density at radius 3 is 2.47 bits per heavy atom. The van der Waals surface area contributed by atoms with Crippen molar-refractivity contribution in [1.82, 2.24) is 4.90 Å². The zero-order valence-electron chi connectivity index (χ0n) is 19.0. The average molecular weight is 439 g/mol. The molecule has 3 rings (SSSR count). The number of benzene rings is 2. The molecule has 2 aromatic carbocycles. The van der Waals surface area contributed by atoms with Crippen molar-refractivity contribution in [1.29, 1.82) is 0 Å². The van der Waals surface area contributed by atoms with Crippen LogP contribution in [0.15, 0.2) is 42.5 Å². The molecule has 1 fully saturated rings. The molecule has 0 spiro atoms. The molecule has 0 bridgehead atoms. The number of likely N-dealkylation sites (tertiary alicyclic amines) is 1. The monoisotopic (exact) mass is 438 g/mol. The lowest BCUT2D eigenvalue weighted by atomic mass is 9.92. The van der Waals surface area contributed by atoms with E-state index < -0.39 is 11.9 Å². The number of anilines is 1. The maximum absolute atomic E-state index is 13.4. The molecule has 170 valence electrons. The topological polar surface area (TPSA) is 84.9 Å². The lowest BCUT2D eigenvalue weighted by Crippen LogP contribution is -2.33. The molecule has 7 heteroatoms. The van der Waals surface area contributed by atoms with Crippen LogP contribution in [-0.2, 0) is 14.3 Å². The van der Waals surface area contributed by atoms with E-state index in [0.29, 0.717) is 17.8 Å². The van der Waals surface area contributed by atoms with Crippen LogP contribution in [0.3, 0.4) is 0 Å². The van der Waals surface area contributed by atoms with Gasteiger partial charge in [-0.3, -0.25) is 9.59 Å². The van der Waals surface area contributed by atoms with Gasteiger partial charge in [-0.15, -0.1) is 0 Å². The summed E-state index contributed by atoms with van der Waals surface area (Å²) in [5, 5.41) is 2.94. The first kappa shape index (κ1) is 23.3. The molecule has 1 N–H and O–H groups in total. The lowest BCUT2D eigenvalue weighted by molar-refractivity contribution is -0.129. The average Bonchev–Trinajstić information content (AvgIpc) is 3.14. The predicted octanol–water partition coefficient (Wildman–Crippen LogP) is 4.12. The minimum absolute atomic E-state index is 0.0283. The number of nitrogens with one attached hydrogen (secondary N) is 1. The molecule has 1 aliphatic rings. The molecular formula is C25H30N2O5. The van der Waals surface area contributed by atoms with Crippen molar-refractivity contribution in [3.8, 4) is 5.75 Å². The van der Waals surface area contributed by atoms with E-state index >= 15 is 0 Å². The summed E-state index contributed by atoms with van der Waals surface area (Å²) >= 11 is 0. The molecule has 1 saturated heterocycles. The molecule has 1 heterocycles. The zero-order valence-corrected chi connectivity index (χ0v) is 19.0. The number of methoxy groups -OCH3 is 2. The standard InChI is InChI=1S/C25H30N2O5/c1-5-6-13-27-22(28)15-20(23(27)17-9-11-19(31-3)12-10-17)24(29)26-21-14-18(25(30)32-4)8-7-16(21)2/h7-12,14,20,23H,5-6,13,15H2,1-4H3,(H,26,29)/t20-,23+/m0/s1. The highest BCUT2D eigenvalue weighted by molar-refractivity contribution is 5.99. The van der Waals surface area contributed by atoms with Gasteiger partial charge < -0.3 is 19.7 Å². The van der Waals surface area contributed by atoms with Gasteiger partial charge in [0.1, 0.15) is 5.75 Å². The van der Waals surface area contributed by atoms with Crippen LogP contribution < -0.4 is 10.1 Å². The van der Waals surface area contributed by atoms with Crippen molar-refractivity contribution in [2.75, 3.05) is 26.1 Å². The number of hydrogen-bond acceptors (Lipinski definition) is 5. The maximum Gasteiger partial charge on any atom is 0.337 e. The predicted molar refractivity (Wildman–Crippen MR) is 122 cm³/mol. The first-order valence-electron chi connectivity index (χ1n) is 10.8. The Morgan fingerprint density at radius 2 is 1.84 bits per heavy atom. The highest BCUT2D eigenvalue weighted by Gasteiger charge is 2.44. The second kappa shape index (κ2) is 10.3. The molecule has 0 aliphatic carbocycles. The van der Waals surface area contributed by atoms with Crippen LogP contribution >= 0.6 is 0 Å². The van der Waals surface area contributed by atoms with Crippen LogP contribution in [0.25, 0.3) is 0 Å². The number of esters is 1. The minimum atomic E-state index is -0.547. The van der Waals surface area contributed by atoms with Crippen LogP contribution in [0.4, 0.5) is 5.69 Å². The normalized spacial score (nSPS) is 17.9. The fraction of sp³-hybridized carbons (Fsp3) is 0.400. The first-order chi connectivity index (χ1) is 15.4. The van der Waals surface area contributed by atoms with E-state index in [0.717, 1.165) is 29.7 Å². The zero-order chi connectivity index (χ0) is 23.3. The number of rotatable bonds is 8. The third kappa shape index (κ3) is 4.93. The summed E-state index contributed by atoms with van der Waals surface area (Å²) in [6.07, 6.45) is 1.96. The van der Waals surface area contributed by atoms with Gasteiger partial charge in [0.05, 0.1) is 31.7 Å². The van der Waals surface area contributed by atoms with Crippen LogP contribution in [0.1, 0.15) is 53.7 Å². The van der Waals surface area contributed by atoms with Gasteiger partial charge in [-0.1, -0.05) is 31.5 Å². The summed E-state index contributed by atoms with van der Waals surface area (Å²) in [6.45, 7) is 4.53. The highest BCUT2D eigenvalue weighted by atomic mass is 16.5. The van der Waals surface area contributed by atoms with Crippen molar-refractivity contribution in [2.24, 2.45) is 5.92 Å². The van der Waals surface area contributed by atoms with Crippen molar-refractivity contribution in [3.63, 3.8) is 0 Å². The second-order valence-corrected chi connectivity index (χ2v) is 7.98. The molecule has 32 heavy (non-hydrogen) atoms. The largest absolute Gasteiger partial charge is 0.497 e. The Hall–Kier alpha value is -3.35. The number of unbranched alkanes of at least 4 members (excludes halogenated alkanes) is 1. The summed E-state index contributed by atoms with van der Waals surface area (Å²) in [5.41, 5.74) is 2.60. The van der Waals surface area contributed by atoms with Gasteiger partial charge in [0.25, 0.3) is 0 Å². The van der Waals surface area contributed by atoms with Gasteiger partial charge in [0.15, 0.2) is 0 Å².